The molecule has 0 bridgehead atoms. The molecular weight excluding hydrogens is 296 g/mol. The van der Waals surface area contributed by atoms with Crippen LogP contribution >= 0.6 is 0 Å². The van der Waals surface area contributed by atoms with Crippen LogP contribution in [0.4, 0.5) is 0 Å². The van der Waals surface area contributed by atoms with Gasteiger partial charge in [-0.2, -0.15) is 0 Å². The standard InChI is InChI=1S/C21H44OSi/c1-8-10-11-12-13-14-15-16-17-18-20(19(22)9-2)23(6,7)21(3,4)5/h18-19,22H,8-17H2,1-7H3/b20-18-. The van der Waals surface area contributed by atoms with Crippen LogP contribution < -0.4 is 0 Å². The van der Waals surface area contributed by atoms with Gasteiger partial charge in [-0.1, -0.05) is 104 Å². The Bertz CT molecular complexity index is 325. The van der Waals surface area contributed by atoms with Crippen LogP contribution in [0.25, 0.3) is 0 Å². The molecule has 0 spiro atoms. The van der Waals surface area contributed by atoms with Crippen molar-refractivity contribution in [3.63, 3.8) is 0 Å². The SMILES string of the molecule is CCCCCCCCCC/C=C(/C(O)CC)[Si](C)(C)C(C)(C)C. The number of aliphatic hydroxyl groups is 1. The van der Waals surface area contributed by atoms with Crippen LogP contribution in [0.3, 0.4) is 0 Å². The Hall–Kier alpha value is -0.0831. The predicted molar refractivity (Wildman–Crippen MR) is 109 cm³/mol. The fraction of sp³-hybridized carbons (Fsp3) is 0.905. The van der Waals surface area contributed by atoms with E-state index in [0.29, 0.717) is 5.04 Å². The Morgan fingerprint density at radius 2 is 1.39 bits per heavy atom. The van der Waals surface area contributed by atoms with Gasteiger partial charge >= 0.3 is 0 Å². The third kappa shape index (κ3) is 8.53. The molecule has 1 atom stereocenters. The lowest BCUT2D eigenvalue weighted by molar-refractivity contribution is 0.212. The van der Waals surface area contributed by atoms with Gasteiger partial charge in [0.05, 0.1) is 14.2 Å². The third-order valence-corrected chi connectivity index (χ3v) is 11.5. The van der Waals surface area contributed by atoms with Crippen LogP contribution in [0.15, 0.2) is 11.3 Å². The Balaban J connectivity index is 4.36. The highest BCUT2D eigenvalue weighted by molar-refractivity contribution is 6.87. The lowest BCUT2D eigenvalue weighted by Crippen LogP contribution is -2.43. The summed E-state index contributed by atoms with van der Waals surface area (Å²) >= 11 is 0. The quantitative estimate of drug-likeness (QED) is 0.293. The van der Waals surface area contributed by atoms with Gasteiger partial charge in [0.15, 0.2) is 0 Å². The zero-order valence-electron chi connectivity index (χ0n) is 17.2. The molecule has 1 nitrogen and oxygen atoms in total. The largest absolute Gasteiger partial charge is 0.389 e. The number of hydrogen-bond acceptors (Lipinski definition) is 1. The van der Waals surface area contributed by atoms with E-state index < -0.39 is 8.07 Å². The van der Waals surface area contributed by atoms with Gasteiger partial charge in [0, 0.05) is 0 Å². The Labute approximate surface area is 148 Å². The van der Waals surface area contributed by atoms with Gasteiger partial charge in [-0.25, -0.2) is 0 Å². The predicted octanol–water partition coefficient (Wildman–Crippen LogP) is 7.26. The van der Waals surface area contributed by atoms with Crippen LogP contribution in [0.1, 0.15) is 98.8 Å². The third-order valence-electron chi connectivity index (χ3n) is 5.76. The Morgan fingerprint density at radius 1 is 0.913 bits per heavy atom. The number of rotatable bonds is 12. The van der Waals surface area contributed by atoms with E-state index in [-0.39, 0.29) is 6.10 Å². The first-order valence-corrected chi connectivity index (χ1v) is 13.1. The monoisotopic (exact) mass is 340 g/mol. The van der Waals surface area contributed by atoms with Crippen LogP contribution in [0.2, 0.25) is 18.1 Å². The molecule has 0 aromatic heterocycles. The summed E-state index contributed by atoms with van der Waals surface area (Å²) in [4.78, 5) is 0. The smallest absolute Gasteiger partial charge is 0.0837 e. The topological polar surface area (TPSA) is 20.2 Å². The molecule has 0 heterocycles. The number of unbranched alkanes of at least 4 members (excludes halogenated alkanes) is 8. The van der Waals surface area contributed by atoms with Crippen LogP contribution in [-0.4, -0.2) is 19.3 Å². The molecule has 0 aliphatic rings. The summed E-state index contributed by atoms with van der Waals surface area (Å²) < 4.78 is 0. The second-order valence-corrected chi connectivity index (χ2v) is 14.0. The molecule has 0 aromatic rings. The van der Waals surface area contributed by atoms with E-state index in [2.05, 4.69) is 53.8 Å². The van der Waals surface area contributed by atoms with Crippen molar-refractivity contribution in [3.8, 4) is 0 Å². The minimum atomic E-state index is -1.60. The van der Waals surface area contributed by atoms with E-state index in [9.17, 15) is 5.11 Å². The summed E-state index contributed by atoms with van der Waals surface area (Å²) in [6.07, 6.45) is 15.1. The van der Waals surface area contributed by atoms with Gasteiger partial charge in [-0.05, 0) is 24.3 Å². The normalized spacial score (nSPS) is 15.0. The van der Waals surface area contributed by atoms with Crippen molar-refractivity contribution in [1.82, 2.24) is 0 Å². The molecule has 0 fully saturated rings. The van der Waals surface area contributed by atoms with E-state index in [1.54, 1.807) is 0 Å². The Kier molecular flexibility index (Phi) is 11.4. The second kappa shape index (κ2) is 11.5. The highest BCUT2D eigenvalue weighted by Crippen LogP contribution is 2.42. The first kappa shape index (κ1) is 22.9. The summed E-state index contributed by atoms with van der Waals surface area (Å²) in [6, 6.07) is 0. The molecule has 0 rings (SSSR count). The number of aliphatic hydroxyl groups excluding tert-OH is 1. The number of hydrogen-bond donors (Lipinski definition) is 1. The lowest BCUT2D eigenvalue weighted by atomic mass is 10.1. The first-order valence-electron chi connectivity index (χ1n) is 10.1. The molecule has 138 valence electrons. The maximum absolute atomic E-state index is 10.5. The molecule has 0 radical (unpaired) electrons. The molecule has 23 heavy (non-hydrogen) atoms. The summed E-state index contributed by atoms with van der Waals surface area (Å²) in [7, 11) is -1.60. The Morgan fingerprint density at radius 3 is 1.83 bits per heavy atom. The zero-order valence-corrected chi connectivity index (χ0v) is 18.2. The number of allylic oxidation sites excluding steroid dienone is 1. The average molecular weight is 341 g/mol. The summed E-state index contributed by atoms with van der Waals surface area (Å²) in [5.41, 5.74) is 0. The maximum atomic E-state index is 10.5. The van der Waals surface area contributed by atoms with Crippen molar-refractivity contribution in [2.45, 2.75) is 123 Å². The summed E-state index contributed by atoms with van der Waals surface area (Å²) in [6.45, 7) is 16.2. The van der Waals surface area contributed by atoms with Crippen molar-refractivity contribution in [2.75, 3.05) is 0 Å². The van der Waals surface area contributed by atoms with Crippen molar-refractivity contribution in [1.29, 1.82) is 0 Å². The summed E-state index contributed by atoms with van der Waals surface area (Å²) in [5, 5.41) is 12.2. The highest BCUT2D eigenvalue weighted by Gasteiger charge is 2.40. The van der Waals surface area contributed by atoms with Crippen molar-refractivity contribution in [2.24, 2.45) is 0 Å². The van der Waals surface area contributed by atoms with Crippen LogP contribution in [0, 0.1) is 0 Å². The fourth-order valence-corrected chi connectivity index (χ4v) is 5.55. The van der Waals surface area contributed by atoms with Gasteiger partial charge in [0.1, 0.15) is 0 Å². The minimum Gasteiger partial charge on any atom is -0.389 e. The van der Waals surface area contributed by atoms with E-state index in [1.165, 1.54) is 56.6 Å². The molecule has 0 aliphatic carbocycles. The summed E-state index contributed by atoms with van der Waals surface area (Å²) in [5.74, 6) is 0. The van der Waals surface area contributed by atoms with E-state index in [4.69, 9.17) is 0 Å². The highest BCUT2D eigenvalue weighted by atomic mass is 28.3. The molecular formula is C21H44OSi. The van der Waals surface area contributed by atoms with E-state index in [0.717, 1.165) is 12.8 Å². The average Bonchev–Trinajstić information content (AvgIpc) is 2.47. The van der Waals surface area contributed by atoms with Gasteiger partial charge in [-0.15, -0.1) is 0 Å². The van der Waals surface area contributed by atoms with Gasteiger partial charge < -0.3 is 5.11 Å². The maximum Gasteiger partial charge on any atom is 0.0837 e. The van der Waals surface area contributed by atoms with Crippen molar-refractivity contribution >= 4 is 8.07 Å². The van der Waals surface area contributed by atoms with E-state index in [1.807, 2.05) is 0 Å². The molecule has 0 aromatic carbocycles. The van der Waals surface area contributed by atoms with Gasteiger partial charge in [0.2, 0.25) is 0 Å². The molecule has 1 unspecified atom stereocenters. The fourth-order valence-electron chi connectivity index (χ4n) is 3.00. The second-order valence-electron chi connectivity index (χ2n) is 8.72. The van der Waals surface area contributed by atoms with Gasteiger partial charge in [0.25, 0.3) is 0 Å². The molecule has 0 saturated heterocycles. The molecule has 0 amide bonds. The molecule has 1 N–H and O–H groups in total. The van der Waals surface area contributed by atoms with Gasteiger partial charge in [-0.3, -0.25) is 0 Å². The molecule has 0 saturated carbocycles. The minimum absolute atomic E-state index is 0.232. The zero-order chi connectivity index (χ0) is 17.9. The first-order chi connectivity index (χ1) is 10.7. The lowest BCUT2D eigenvalue weighted by Gasteiger charge is -2.41. The van der Waals surface area contributed by atoms with Crippen molar-refractivity contribution in [3.05, 3.63) is 11.3 Å². The molecule has 2 heteroatoms. The van der Waals surface area contributed by atoms with E-state index >= 15 is 0 Å². The van der Waals surface area contributed by atoms with Crippen LogP contribution in [0.5, 0.6) is 0 Å². The molecule has 0 aliphatic heterocycles. The van der Waals surface area contributed by atoms with Crippen LogP contribution in [-0.2, 0) is 0 Å². The van der Waals surface area contributed by atoms with Crippen molar-refractivity contribution < 1.29 is 5.11 Å².